The molecule has 4 nitrogen and oxygen atoms in total. The predicted molar refractivity (Wildman–Crippen MR) is 107 cm³/mol. The van der Waals surface area contributed by atoms with Gasteiger partial charge in [0.05, 0.1) is 12.2 Å². The summed E-state index contributed by atoms with van der Waals surface area (Å²) in [5.74, 6) is 2.32. The van der Waals surface area contributed by atoms with Crippen molar-refractivity contribution in [3.63, 3.8) is 0 Å². The Labute approximate surface area is 161 Å². The van der Waals surface area contributed by atoms with Crippen LogP contribution in [0.1, 0.15) is 62.6 Å². The summed E-state index contributed by atoms with van der Waals surface area (Å²) in [5.41, 5.74) is 3.77. The largest absolute Gasteiger partial charge is 0.490 e. The molecule has 0 amide bonds. The summed E-state index contributed by atoms with van der Waals surface area (Å²) in [6.07, 6.45) is 2.41. The Balaban J connectivity index is 2.00. The maximum Gasteiger partial charge on any atom is 0.131 e. The monoisotopic (exact) mass is 370 g/mol. The molecule has 0 spiro atoms. The van der Waals surface area contributed by atoms with E-state index in [4.69, 9.17) is 9.47 Å². The average molecular weight is 370 g/mol. The van der Waals surface area contributed by atoms with Crippen molar-refractivity contribution in [2.24, 2.45) is 0 Å². The molecule has 4 rings (SSSR count). The van der Waals surface area contributed by atoms with E-state index in [0.717, 1.165) is 40.7 Å². The smallest absolute Gasteiger partial charge is 0.131 e. The summed E-state index contributed by atoms with van der Waals surface area (Å²) in [7, 11) is 0. The Morgan fingerprint density at radius 1 is 1.11 bits per heavy atom. The topological polar surface area (TPSA) is 58.9 Å². The van der Waals surface area contributed by atoms with E-state index in [2.05, 4.69) is 26.0 Å². The van der Waals surface area contributed by atoms with Crippen molar-refractivity contribution in [3.05, 3.63) is 34.9 Å². The third kappa shape index (κ3) is 2.99. The van der Waals surface area contributed by atoms with Crippen LogP contribution in [0.2, 0.25) is 0 Å². The molecule has 2 aliphatic rings. The van der Waals surface area contributed by atoms with Crippen LogP contribution >= 0.6 is 0 Å². The molecule has 0 aromatic heterocycles. The fourth-order valence-corrected chi connectivity index (χ4v) is 5.07. The highest BCUT2D eigenvalue weighted by molar-refractivity contribution is 5.99. The molecule has 0 radical (unpaired) electrons. The van der Waals surface area contributed by atoms with Gasteiger partial charge in [-0.2, -0.15) is 0 Å². The standard InChI is InChI=1S/C23H30O4/c1-13-6-5-7-17-18(13)22(27-12-15(3)25)19-16-8-9-23(4,10-16)20(19)21(17)26-11-14(2)24/h5-7,14-16,24-25H,8-12H2,1-4H3. The predicted octanol–water partition coefficient (Wildman–Crippen LogP) is 4.21. The minimum atomic E-state index is -0.516. The van der Waals surface area contributed by atoms with Gasteiger partial charge in [0.15, 0.2) is 0 Å². The van der Waals surface area contributed by atoms with Crippen LogP contribution in [-0.2, 0) is 5.41 Å². The van der Waals surface area contributed by atoms with E-state index < -0.39 is 12.2 Å². The number of ether oxygens (including phenoxy) is 2. The van der Waals surface area contributed by atoms with Crippen molar-refractivity contribution in [2.75, 3.05) is 13.2 Å². The molecular weight excluding hydrogens is 340 g/mol. The molecule has 4 unspecified atom stereocenters. The van der Waals surface area contributed by atoms with Gasteiger partial charge in [0.1, 0.15) is 24.7 Å². The molecule has 146 valence electrons. The van der Waals surface area contributed by atoms with Gasteiger partial charge in [-0.05, 0) is 56.9 Å². The third-order valence-electron chi connectivity index (χ3n) is 6.18. The van der Waals surface area contributed by atoms with E-state index in [0.29, 0.717) is 5.92 Å². The Kier molecular flexibility index (Phi) is 4.59. The van der Waals surface area contributed by atoms with Crippen molar-refractivity contribution in [3.8, 4) is 11.5 Å². The summed E-state index contributed by atoms with van der Waals surface area (Å²) >= 11 is 0. The zero-order valence-electron chi connectivity index (χ0n) is 16.7. The second kappa shape index (κ2) is 6.68. The number of fused-ring (bicyclic) bond motifs is 6. The Morgan fingerprint density at radius 3 is 2.44 bits per heavy atom. The molecule has 4 atom stereocenters. The molecule has 1 fully saturated rings. The summed E-state index contributed by atoms with van der Waals surface area (Å²) in [6.45, 7) is 8.49. The van der Waals surface area contributed by atoms with Gasteiger partial charge in [0.2, 0.25) is 0 Å². The Bertz CT molecular complexity index is 871. The van der Waals surface area contributed by atoms with Crippen LogP contribution in [0.25, 0.3) is 10.8 Å². The van der Waals surface area contributed by atoms with E-state index in [1.54, 1.807) is 13.8 Å². The fourth-order valence-electron chi connectivity index (χ4n) is 5.07. The molecule has 2 N–H and O–H groups in total. The van der Waals surface area contributed by atoms with Gasteiger partial charge < -0.3 is 19.7 Å². The van der Waals surface area contributed by atoms with Crippen LogP contribution < -0.4 is 9.47 Å². The van der Waals surface area contributed by atoms with E-state index in [-0.39, 0.29) is 18.6 Å². The SMILES string of the molecule is Cc1cccc2c(OCC(C)O)c3c(c(OCC(C)O)c12)C1CCC3(C)C1. The molecule has 0 heterocycles. The molecule has 0 aliphatic heterocycles. The number of hydrogen-bond donors (Lipinski definition) is 2. The van der Waals surface area contributed by atoms with Crippen LogP contribution in [0.3, 0.4) is 0 Å². The lowest BCUT2D eigenvalue weighted by Gasteiger charge is -2.30. The maximum atomic E-state index is 9.81. The minimum Gasteiger partial charge on any atom is -0.490 e. The van der Waals surface area contributed by atoms with Crippen LogP contribution in [0.15, 0.2) is 18.2 Å². The number of hydrogen-bond acceptors (Lipinski definition) is 4. The van der Waals surface area contributed by atoms with Crippen LogP contribution in [0.4, 0.5) is 0 Å². The lowest BCUT2D eigenvalue weighted by molar-refractivity contribution is 0.120. The highest BCUT2D eigenvalue weighted by atomic mass is 16.5. The number of aliphatic hydroxyl groups is 2. The van der Waals surface area contributed by atoms with Crippen molar-refractivity contribution < 1.29 is 19.7 Å². The van der Waals surface area contributed by atoms with Crippen molar-refractivity contribution in [2.45, 2.75) is 70.5 Å². The normalized spacial score (nSPS) is 25.5. The molecule has 1 saturated carbocycles. The molecule has 0 saturated heterocycles. The van der Waals surface area contributed by atoms with Gasteiger partial charge in [-0.25, -0.2) is 0 Å². The first-order valence-corrected chi connectivity index (χ1v) is 10.0. The van der Waals surface area contributed by atoms with Crippen LogP contribution in [0.5, 0.6) is 11.5 Å². The van der Waals surface area contributed by atoms with Gasteiger partial charge in [0, 0.05) is 21.9 Å². The molecule has 2 bridgehead atoms. The average Bonchev–Trinajstić information content (AvgIpc) is 3.12. The number of aryl methyl sites for hydroxylation is 1. The quantitative estimate of drug-likeness (QED) is 0.800. The molecule has 2 aromatic rings. The summed E-state index contributed by atoms with van der Waals surface area (Å²) in [4.78, 5) is 0. The molecule has 2 aliphatic carbocycles. The minimum absolute atomic E-state index is 0.0922. The van der Waals surface area contributed by atoms with E-state index in [9.17, 15) is 10.2 Å². The molecule has 27 heavy (non-hydrogen) atoms. The maximum absolute atomic E-state index is 9.81. The van der Waals surface area contributed by atoms with Gasteiger partial charge in [-0.15, -0.1) is 0 Å². The summed E-state index contributed by atoms with van der Waals surface area (Å²) in [5, 5.41) is 21.7. The van der Waals surface area contributed by atoms with E-state index >= 15 is 0 Å². The number of benzene rings is 2. The highest BCUT2D eigenvalue weighted by Gasteiger charge is 2.50. The Hall–Kier alpha value is -1.78. The lowest BCUT2D eigenvalue weighted by Crippen LogP contribution is -2.22. The fraction of sp³-hybridized carbons (Fsp3) is 0.565. The van der Waals surface area contributed by atoms with Crippen molar-refractivity contribution in [1.29, 1.82) is 0 Å². The summed E-state index contributed by atoms with van der Waals surface area (Å²) in [6, 6.07) is 6.23. The first kappa shape index (κ1) is 18.6. The van der Waals surface area contributed by atoms with E-state index in [1.165, 1.54) is 17.5 Å². The third-order valence-corrected chi connectivity index (χ3v) is 6.18. The second-order valence-electron chi connectivity index (χ2n) is 8.76. The lowest BCUT2D eigenvalue weighted by atomic mass is 9.78. The van der Waals surface area contributed by atoms with Gasteiger partial charge in [-0.1, -0.05) is 25.1 Å². The zero-order chi connectivity index (χ0) is 19.3. The van der Waals surface area contributed by atoms with E-state index in [1.807, 2.05) is 6.07 Å². The highest BCUT2D eigenvalue weighted by Crippen LogP contribution is 2.64. The van der Waals surface area contributed by atoms with Crippen LogP contribution in [-0.4, -0.2) is 35.6 Å². The van der Waals surface area contributed by atoms with Gasteiger partial charge in [0.25, 0.3) is 0 Å². The second-order valence-corrected chi connectivity index (χ2v) is 8.76. The molecule has 2 aromatic carbocycles. The zero-order valence-corrected chi connectivity index (χ0v) is 16.7. The molecular formula is C23H30O4. The van der Waals surface area contributed by atoms with Gasteiger partial charge in [-0.3, -0.25) is 0 Å². The van der Waals surface area contributed by atoms with Gasteiger partial charge >= 0.3 is 0 Å². The first-order valence-electron chi connectivity index (χ1n) is 10.0. The number of aliphatic hydroxyl groups excluding tert-OH is 2. The first-order chi connectivity index (χ1) is 12.8. The van der Waals surface area contributed by atoms with Crippen molar-refractivity contribution >= 4 is 10.8 Å². The molecule has 4 heteroatoms. The Morgan fingerprint density at radius 2 is 1.78 bits per heavy atom. The van der Waals surface area contributed by atoms with Crippen LogP contribution in [0, 0.1) is 6.92 Å². The van der Waals surface area contributed by atoms with Crippen molar-refractivity contribution in [1.82, 2.24) is 0 Å². The summed E-state index contributed by atoms with van der Waals surface area (Å²) < 4.78 is 12.4. The number of rotatable bonds is 6.